The fourth-order valence-electron chi connectivity index (χ4n) is 4.35. The van der Waals surface area contributed by atoms with Gasteiger partial charge in [0.1, 0.15) is 16.1 Å². The fraction of sp³-hybridized carbons (Fsp3) is 0.148. The Kier molecular flexibility index (Phi) is 6.94. The highest BCUT2D eigenvalue weighted by Crippen LogP contribution is 2.38. The van der Waals surface area contributed by atoms with Crippen LogP contribution in [-0.2, 0) is 26.8 Å². The molecule has 9 nitrogen and oxygen atoms in total. The minimum absolute atomic E-state index is 0.0302. The summed E-state index contributed by atoms with van der Waals surface area (Å²) in [5.41, 5.74) is 2.59. The quantitative estimate of drug-likeness (QED) is 0.261. The molecule has 13 heteroatoms. The second-order valence-electron chi connectivity index (χ2n) is 9.04. The predicted molar refractivity (Wildman–Crippen MR) is 149 cm³/mol. The summed E-state index contributed by atoms with van der Waals surface area (Å²) in [6.45, 7) is 0. The first-order valence-electron chi connectivity index (χ1n) is 12.0. The fourth-order valence-corrected chi connectivity index (χ4v) is 8.31. The van der Waals surface area contributed by atoms with Gasteiger partial charge in [-0.2, -0.15) is 0 Å². The van der Waals surface area contributed by atoms with Crippen LogP contribution in [0.5, 0.6) is 0 Å². The third-order valence-corrected chi connectivity index (χ3v) is 10.3. The highest BCUT2D eigenvalue weighted by Gasteiger charge is 2.38. The molecule has 2 aromatic heterocycles. The Morgan fingerprint density at radius 2 is 1.77 bits per heavy atom. The average Bonchev–Trinajstić information content (AvgIpc) is 3.62. The van der Waals surface area contributed by atoms with E-state index in [0.29, 0.717) is 21.3 Å². The molecule has 2 amide bonds. The zero-order valence-electron chi connectivity index (χ0n) is 20.5. The van der Waals surface area contributed by atoms with Crippen LogP contribution in [0.2, 0.25) is 0 Å². The summed E-state index contributed by atoms with van der Waals surface area (Å²) in [6.07, 6.45) is -0.0302. The van der Waals surface area contributed by atoms with Crippen LogP contribution in [0, 0.1) is 5.82 Å². The molecule has 0 aliphatic carbocycles. The lowest BCUT2D eigenvalue weighted by Gasteiger charge is -2.12. The normalized spacial score (nSPS) is 16.4. The van der Waals surface area contributed by atoms with Crippen LogP contribution >= 0.6 is 23.1 Å². The van der Waals surface area contributed by atoms with E-state index in [9.17, 15) is 22.4 Å². The van der Waals surface area contributed by atoms with Gasteiger partial charge in [0.25, 0.3) is 5.24 Å². The Labute approximate surface area is 235 Å². The number of sulfone groups is 1. The molecule has 0 radical (unpaired) electrons. The summed E-state index contributed by atoms with van der Waals surface area (Å²) in [7, 11) is -3.97. The predicted octanol–water partition coefficient (Wildman–Crippen LogP) is 5.08. The van der Waals surface area contributed by atoms with Crippen LogP contribution in [-0.4, -0.2) is 40.0 Å². The summed E-state index contributed by atoms with van der Waals surface area (Å²) >= 11 is 1.98. The molecule has 1 aliphatic rings. The van der Waals surface area contributed by atoms with Crippen LogP contribution in [0.1, 0.15) is 27.6 Å². The van der Waals surface area contributed by atoms with Gasteiger partial charge in [-0.1, -0.05) is 60.3 Å². The van der Waals surface area contributed by atoms with Gasteiger partial charge in [-0.3, -0.25) is 14.9 Å². The van der Waals surface area contributed by atoms with Crippen molar-refractivity contribution in [3.05, 3.63) is 101 Å². The number of hydrogen-bond acceptors (Lipinski definition) is 10. The topological polar surface area (TPSA) is 132 Å². The maximum atomic E-state index is 13.8. The van der Waals surface area contributed by atoms with Gasteiger partial charge in [0, 0.05) is 6.42 Å². The Bertz CT molecular complexity index is 1860. The minimum Gasteiger partial charge on any atom is -0.423 e. The molecule has 1 saturated heterocycles. The van der Waals surface area contributed by atoms with E-state index in [4.69, 9.17) is 4.42 Å². The van der Waals surface area contributed by atoms with Crippen molar-refractivity contribution >= 4 is 54.3 Å². The summed E-state index contributed by atoms with van der Waals surface area (Å²) in [4.78, 5) is 28.1. The molecule has 5 aromatic rings. The Morgan fingerprint density at radius 3 is 2.52 bits per heavy atom. The lowest BCUT2D eigenvalue weighted by atomic mass is 10.1. The lowest BCUT2D eigenvalue weighted by molar-refractivity contribution is -0.119. The zero-order valence-corrected chi connectivity index (χ0v) is 22.9. The molecule has 0 bridgehead atoms. The van der Waals surface area contributed by atoms with Crippen LogP contribution in [0.4, 0.5) is 9.18 Å². The Morgan fingerprint density at radius 1 is 0.975 bits per heavy atom. The van der Waals surface area contributed by atoms with Crippen molar-refractivity contribution in [2.45, 2.75) is 22.7 Å². The van der Waals surface area contributed by atoms with E-state index in [1.807, 2.05) is 6.07 Å². The zero-order chi connectivity index (χ0) is 27.9. The van der Waals surface area contributed by atoms with Gasteiger partial charge in [-0.15, -0.1) is 21.5 Å². The van der Waals surface area contributed by atoms with Crippen LogP contribution in [0.25, 0.3) is 21.3 Å². The number of halogens is 1. The minimum atomic E-state index is -3.97. The third kappa shape index (κ3) is 5.40. The van der Waals surface area contributed by atoms with E-state index in [0.717, 1.165) is 17.3 Å². The maximum absolute atomic E-state index is 13.8. The molecule has 1 aliphatic heterocycles. The van der Waals surface area contributed by atoms with Crippen molar-refractivity contribution in [3.63, 3.8) is 0 Å². The molecule has 0 saturated carbocycles. The van der Waals surface area contributed by atoms with Crippen molar-refractivity contribution in [3.8, 4) is 11.1 Å². The third-order valence-electron chi connectivity index (χ3n) is 6.19. The second-order valence-corrected chi connectivity index (χ2v) is 13.4. The van der Waals surface area contributed by atoms with Gasteiger partial charge in [0.05, 0.1) is 16.0 Å². The average molecular weight is 595 g/mol. The molecule has 3 heterocycles. The number of aromatic nitrogens is 3. The number of fused-ring (bicyclic) bond motifs is 1. The van der Waals surface area contributed by atoms with Gasteiger partial charge in [-0.25, -0.2) is 17.8 Å². The molecule has 202 valence electrons. The second kappa shape index (κ2) is 10.6. The number of imide groups is 1. The van der Waals surface area contributed by atoms with Crippen molar-refractivity contribution < 1.29 is 26.8 Å². The van der Waals surface area contributed by atoms with Crippen LogP contribution in [0.15, 0.2) is 77.2 Å². The van der Waals surface area contributed by atoms with E-state index in [1.165, 1.54) is 23.5 Å². The number of benzene rings is 3. The van der Waals surface area contributed by atoms with Gasteiger partial charge in [-0.05, 0) is 41.0 Å². The molecule has 6 rings (SSSR count). The molecule has 0 spiro atoms. The number of carbonyl (C=O) groups excluding carboxylic acids is 2. The Hall–Kier alpha value is -3.94. The number of nitrogens with zero attached hydrogens (tertiary/aromatic N) is 3. The molecule has 3 aromatic carbocycles. The molecular weight excluding hydrogens is 576 g/mol. The van der Waals surface area contributed by atoms with Crippen molar-refractivity contribution in [2.75, 3.05) is 0 Å². The standard InChI is InChI=1S/C27H19FN4O5S3/c28-18-8-4-7-16(11-18)17-9-10-19-20(12-17)38-26(29-19)23(40(35,36)14-15-5-2-1-3-6-15)25-32-31-22(37-25)13-21-24(33)30-27(34)39-21/h1-12,21,23H,13-14H2,(H,30,33,34). The number of carbonyl (C=O) groups is 2. The smallest absolute Gasteiger partial charge is 0.286 e. The summed E-state index contributed by atoms with van der Waals surface area (Å²) < 4.78 is 48.0. The van der Waals surface area contributed by atoms with E-state index in [1.54, 1.807) is 54.6 Å². The monoisotopic (exact) mass is 594 g/mol. The highest BCUT2D eigenvalue weighted by molar-refractivity contribution is 8.15. The molecule has 40 heavy (non-hydrogen) atoms. The van der Waals surface area contributed by atoms with Gasteiger partial charge >= 0.3 is 0 Å². The first-order chi connectivity index (χ1) is 19.2. The summed E-state index contributed by atoms with van der Waals surface area (Å²) in [6, 6.07) is 20.3. The van der Waals surface area contributed by atoms with Crippen molar-refractivity contribution in [1.29, 1.82) is 0 Å². The maximum Gasteiger partial charge on any atom is 0.286 e. The van der Waals surface area contributed by atoms with E-state index in [-0.39, 0.29) is 34.8 Å². The van der Waals surface area contributed by atoms with Crippen LogP contribution in [0.3, 0.4) is 0 Å². The first-order valence-corrected chi connectivity index (χ1v) is 15.4. The number of thioether (sulfide) groups is 1. The lowest BCUT2D eigenvalue weighted by Crippen LogP contribution is -2.25. The SMILES string of the molecule is O=C1NC(=O)C(Cc2nnc(C(c3nc4ccc(-c5cccc(F)c5)cc4s3)S(=O)(=O)Cc3ccccc3)o2)S1. The van der Waals surface area contributed by atoms with E-state index in [2.05, 4.69) is 20.5 Å². The number of nitrogens with one attached hydrogen (secondary N) is 1. The first kappa shape index (κ1) is 26.3. The van der Waals surface area contributed by atoms with E-state index >= 15 is 0 Å². The largest absolute Gasteiger partial charge is 0.423 e. The van der Waals surface area contributed by atoms with Gasteiger partial charge in [0.15, 0.2) is 15.1 Å². The van der Waals surface area contributed by atoms with Gasteiger partial charge in [0.2, 0.25) is 17.7 Å². The number of thiazole rings is 1. The molecular formula is C27H19FN4O5S3. The van der Waals surface area contributed by atoms with Crippen LogP contribution < -0.4 is 5.32 Å². The Balaban J connectivity index is 1.39. The highest BCUT2D eigenvalue weighted by atomic mass is 32.2. The number of hydrogen-bond donors (Lipinski definition) is 1. The van der Waals surface area contributed by atoms with Crippen molar-refractivity contribution in [2.24, 2.45) is 0 Å². The molecule has 2 atom stereocenters. The molecule has 2 unspecified atom stereocenters. The summed E-state index contributed by atoms with van der Waals surface area (Å²) in [5, 5.41) is 7.87. The molecule has 1 fully saturated rings. The van der Waals surface area contributed by atoms with Crippen molar-refractivity contribution in [1.82, 2.24) is 20.5 Å². The summed E-state index contributed by atoms with van der Waals surface area (Å²) in [5.74, 6) is -1.27. The van der Waals surface area contributed by atoms with E-state index < -0.39 is 31.5 Å². The number of amides is 2. The van der Waals surface area contributed by atoms with Gasteiger partial charge < -0.3 is 4.42 Å². The number of rotatable bonds is 8. The molecule has 1 N–H and O–H groups in total.